The van der Waals surface area contributed by atoms with E-state index in [2.05, 4.69) is 10.1 Å². The summed E-state index contributed by atoms with van der Waals surface area (Å²) in [6.07, 6.45) is 1.58. The zero-order valence-electron chi connectivity index (χ0n) is 16.7. The Morgan fingerprint density at radius 3 is 2.63 bits per heavy atom. The lowest BCUT2D eigenvalue weighted by Gasteiger charge is -2.18. The predicted molar refractivity (Wildman–Crippen MR) is 115 cm³/mol. The molecule has 1 amide bonds. The Labute approximate surface area is 176 Å². The fourth-order valence-electron chi connectivity index (χ4n) is 3.59. The number of carbonyl (C=O) groups excluding carboxylic acids is 1. The van der Waals surface area contributed by atoms with Gasteiger partial charge in [-0.25, -0.2) is 4.68 Å². The maximum Gasteiger partial charge on any atom is 0.283 e. The molecular weight excluding hydrogens is 400 g/mol. The van der Waals surface area contributed by atoms with Gasteiger partial charge in [0.25, 0.3) is 5.91 Å². The molecule has 0 saturated carbocycles. The van der Waals surface area contributed by atoms with Crippen LogP contribution in [-0.4, -0.2) is 33.5 Å². The summed E-state index contributed by atoms with van der Waals surface area (Å²) in [6, 6.07) is 13.7. The monoisotopic (exact) mass is 420 g/mol. The lowest BCUT2D eigenvalue weighted by Crippen LogP contribution is -2.17. The van der Waals surface area contributed by atoms with Crippen LogP contribution in [0.25, 0.3) is 15.9 Å². The Bertz CT molecular complexity index is 1320. The van der Waals surface area contributed by atoms with Gasteiger partial charge in [0.2, 0.25) is 0 Å². The molecule has 30 heavy (non-hydrogen) atoms. The summed E-state index contributed by atoms with van der Waals surface area (Å²) < 4.78 is 16.2. The third-order valence-electron chi connectivity index (χ3n) is 5.10. The first-order chi connectivity index (χ1) is 14.7. The molecule has 0 spiro atoms. The lowest BCUT2D eigenvalue weighted by molar-refractivity contribution is 0.0997. The van der Waals surface area contributed by atoms with Crippen LogP contribution in [0.2, 0.25) is 0 Å². The van der Waals surface area contributed by atoms with Gasteiger partial charge in [0, 0.05) is 18.7 Å². The van der Waals surface area contributed by atoms with E-state index < -0.39 is 0 Å². The van der Waals surface area contributed by atoms with Crippen molar-refractivity contribution >= 4 is 27.5 Å². The number of para-hydroxylation sites is 1. The maximum atomic E-state index is 13.0. The number of fused-ring (bicyclic) bond motifs is 2. The van der Waals surface area contributed by atoms with E-state index in [1.807, 2.05) is 60.9 Å². The van der Waals surface area contributed by atoms with E-state index in [-0.39, 0.29) is 5.91 Å². The fraction of sp³-hybridized carbons (Fsp3) is 0.227. The zero-order valence-corrected chi connectivity index (χ0v) is 17.5. The predicted octanol–water partition coefficient (Wildman–Crippen LogP) is 3.73. The number of benzene rings is 2. The minimum absolute atomic E-state index is 0.305. The highest BCUT2D eigenvalue weighted by atomic mass is 32.1. The van der Waals surface area contributed by atoms with Crippen molar-refractivity contribution in [2.24, 2.45) is 4.99 Å². The van der Waals surface area contributed by atoms with Gasteiger partial charge >= 0.3 is 0 Å². The van der Waals surface area contributed by atoms with E-state index >= 15 is 0 Å². The molecule has 1 aliphatic rings. The van der Waals surface area contributed by atoms with E-state index in [1.54, 1.807) is 10.9 Å². The summed E-state index contributed by atoms with van der Waals surface area (Å²) in [6.45, 7) is 5.68. The fourth-order valence-corrected chi connectivity index (χ4v) is 4.70. The molecule has 0 unspecified atom stereocenters. The average molecular weight is 420 g/mol. The highest BCUT2D eigenvalue weighted by Gasteiger charge is 2.18. The molecule has 3 heterocycles. The third kappa shape index (κ3) is 3.09. The van der Waals surface area contributed by atoms with Crippen LogP contribution in [0.1, 0.15) is 23.0 Å². The summed E-state index contributed by atoms with van der Waals surface area (Å²) >= 11 is 1.47. The lowest BCUT2D eigenvalue weighted by atomic mass is 10.2. The van der Waals surface area contributed by atoms with E-state index in [4.69, 9.17) is 9.47 Å². The third-order valence-corrected chi connectivity index (χ3v) is 6.14. The number of amides is 1. The van der Waals surface area contributed by atoms with Gasteiger partial charge < -0.3 is 14.0 Å². The number of aromatic nitrogens is 3. The maximum absolute atomic E-state index is 13.0. The molecular formula is C22H20N4O3S. The van der Waals surface area contributed by atoms with Gasteiger partial charge in [0.1, 0.15) is 13.2 Å². The molecule has 0 bridgehead atoms. The van der Waals surface area contributed by atoms with Crippen molar-refractivity contribution in [3.05, 3.63) is 64.7 Å². The molecule has 0 aliphatic carbocycles. The molecule has 152 valence electrons. The number of thiazole rings is 1. The van der Waals surface area contributed by atoms with Crippen LogP contribution >= 0.6 is 11.3 Å². The first-order valence-corrected chi connectivity index (χ1v) is 10.6. The number of carbonyl (C=O) groups is 1. The molecule has 0 fully saturated rings. The van der Waals surface area contributed by atoms with E-state index in [0.717, 1.165) is 33.1 Å². The number of aryl methyl sites for hydroxylation is 1. The van der Waals surface area contributed by atoms with Gasteiger partial charge in [-0.15, -0.1) is 0 Å². The standard InChI is InChI=1S/C22H20N4O3S/c1-3-25-17-11-18-19(29-10-9-28-18)12-20(17)30-22(25)24-21(27)16-13-23-26(14(16)2)15-7-5-4-6-8-15/h4-8,11-13H,3,9-10H2,1-2H3. The summed E-state index contributed by atoms with van der Waals surface area (Å²) in [4.78, 5) is 18.1. The molecule has 5 rings (SSSR count). The van der Waals surface area contributed by atoms with Crippen molar-refractivity contribution < 1.29 is 14.3 Å². The minimum atomic E-state index is -0.305. The SMILES string of the molecule is CCn1c(=NC(=O)c2cnn(-c3ccccc3)c2C)sc2cc3c(cc21)OCCO3. The van der Waals surface area contributed by atoms with Gasteiger partial charge in [0.15, 0.2) is 16.3 Å². The van der Waals surface area contributed by atoms with Crippen molar-refractivity contribution in [2.75, 3.05) is 13.2 Å². The zero-order chi connectivity index (χ0) is 20.7. The van der Waals surface area contributed by atoms with Crippen molar-refractivity contribution in [1.29, 1.82) is 0 Å². The van der Waals surface area contributed by atoms with E-state index in [1.165, 1.54) is 11.3 Å². The summed E-state index contributed by atoms with van der Waals surface area (Å²) in [5.41, 5.74) is 3.14. The molecule has 0 radical (unpaired) electrons. The summed E-state index contributed by atoms with van der Waals surface area (Å²) in [7, 11) is 0. The van der Waals surface area contributed by atoms with Crippen LogP contribution in [0.3, 0.4) is 0 Å². The number of hydrogen-bond acceptors (Lipinski definition) is 5. The molecule has 4 aromatic rings. The molecule has 8 heteroatoms. The van der Waals surface area contributed by atoms with Gasteiger partial charge in [-0.3, -0.25) is 4.79 Å². The largest absolute Gasteiger partial charge is 0.486 e. The Morgan fingerprint density at radius 2 is 1.90 bits per heavy atom. The number of rotatable bonds is 3. The Balaban J connectivity index is 1.58. The number of ether oxygens (including phenoxy) is 2. The van der Waals surface area contributed by atoms with Crippen molar-refractivity contribution in [2.45, 2.75) is 20.4 Å². The average Bonchev–Trinajstić information content (AvgIpc) is 3.31. The first kappa shape index (κ1) is 18.6. The van der Waals surface area contributed by atoms with Crippen LogP contribution < -0.4 is 14.3 Å². The van der Waals surface area contributed by atoms with Gasteiger partial charge in [0.05, 0.1) is 33.4 Å². The van der Waals surface area contributed by atoms with Crippen LogP contribution in [0, 0.1) is 6.92 Å². The molecule has 2 aromatic carbocycles. The van der Waals surface area contributed by atoms with Crippen molar-refractivity contribution in [1.82, 2.24) is 14.3 Å². The van der Waals surface area contributed by atoms with Crippen LogP contribution in [0.4, 0.5) is 0 Å². The second-order valence-corrected chi connectivity index (χ2v) is 7.91. The minimum Gasteiger partial charge on any atom is -0.486 e. The second-order valence-electron chi connectivity index (χ2n) is 6.90. The quantitative estimate of drug-likeness (QED) is 0.506. The van der Waals surface area contributed by atoms with E-state index in [9.17, 15) is 4.79 Å². The Kier molecular flexibility index (Phi) is 4.63. The molecule has 0 saturated heterocycles. The molecule has 7 nitrogen and oxygen atoms in total. The Morgan fingerprint density at radius 1 is 1.17 bits per heavy atom. The number of hydrogen-bond donors (Lipinski definition) is 0. The first-order valence-electron chi connectivity index (χ1n) is 9.78. The van der Waals surface area contributed by atoms with Crippen molar-refractivity contribution in [3.63, 3.8) is 0 Å². The summed E-state index contributed by atoms with van der Waals surface area (Å²) in [5, 5.41) is 4.39. The van der Waals surface area contributed by atoms with Gasteiger partial charge in [-0.05, 0) is 26.0 Å². The Hall–Kier alpha value is -3.39. The van der Waals surface area contributed by atoms with Crippen molar-refractivity contribution in [3.8, 4) is 17.2 Å². The molecule has 1 aliphatic heterocycles. The topological polar surface area (TPSA) is 70.6 Å². The van der Waals surface area contributed by atoms with Gasteiger partial charge in [-0.1, -0.05) is 29.5 Å². The highest BCUT2D eigenvalue weighted by Crippen LogP contribution is 2.35. The van der Waals surface area contributed by atoms with Crippen LogP contribution in [0.15, 0.2) is 53.7 Å². The number of nitrogens with zero attached hydrogens (tertiary/aromatic N) is 4. The van der Waals surface area contributed by atoms with Gasteiger partial charge in [-0.2, -0.15) is 10.1 Å². The molecule has 2 aromatic heterocycles. The van der Waals surface area contributed by atoms with Crippen LogP contribution in [0.5, 0.6) is 11.5 Å². The second kappa shape index (κ2) is 7.46. The normalized spacial score (nSPS) is 13.7. The van der Waals surface area contributed by atoms with Crippen LogP contribution in [-0.2, 0) is 6.54 Å². The summed E-state index contributed by atoms with van der Waals surface area (Å²) in [5.74, 6) is 1.16. The molecule has 0 atom stereocenters. The van der Waals surface area contributed by atoms with E-state index in [0.29, 0.717) is 30.1 Å². The smallest absolute Gasteiger partial charge is 0.283 e. The highest BCUT2D eigenvalue weighted by molar-refractivity contribution is 7.16. The molecule has 0 N–H and O–H groups in total.